The molecule has 1 saturated heterocycles. The zero-order valence-electron chi connectivity index (χ0n) is 10.9. The van der Waals surface area contributed by atoms with E-state index in [0.717, 1.165) is 19.4 Å². The second-order valence-corrected chi connectivity index (χ2v) is 5.32. The van der Waals surface area contributed by atoms with Crippen molar-refractivity contribution in [2.75, 3.05) is 26.2 Å². The zero-order chi connectivity index (χ0) is 12.8. The summed E-state index contributed by atoms with van der Waals surface area (Å²) in [6.45, 7) is 2.11. The van der Waals surface area contributed by atoms with Gasteiger partial charge in [0, 0.05) is 19.1 Å². The quantitative estimate of drug-likeness (QED) is 0.709. The monoisotopic (exact) mass is 253 g/mol. The Labute approximate surface area is 108 Å². The molecule has 2 rings (SSSR count). The Kier molecular flexibility index (Phi) is 4.99. The van der Waals surface area contributed by atoms with Crippen molar-refractivity contribution in [2.45, 2.75) is 44.6 Å². The van der Waals surface area contributed by atoms with Gasteiger partial charge in [0.1, 0.15) is 0 Å². The van der Waals surface area contributed by atoms with Gasteiger partial charge in [-0.1, -0.05) is 25.7 Å². The van der Waals surface area contributed by atoms with Crippen molar-refractivity contribution >= 4 is 11.8 Å². The van der Waals surface area contributed by atoms with Crippen molar-refractivity contribution in [3.05, 3.63) is 0 Å². The zero-order valence-corrected chi connectivity index (χ0v) is 10.9. The highest BCUT2D eigenvalue weighted by Crippen LogP contribution is 2.17. The first-order chi connectivity index (χ1) is 8.74. The minimum Gasteiger partial charge on any atom is -0.354 e. The van der Waals surface area contributed by atoms with Gasteiger partial charge in [-0.15, -0.1) is 0 Å². The third-order valence-corrected chi connectivity index (χ3v) is 3.70. The van der Waals surface area contributed by atoms with E-state index in [1.165, 1.54) is 25.7 Å². The van der Waals surface area contributed by atoms with Crippen LogP contribution in [0, 0.1) is 0 Å². The highest BCUT2D eigenvalue weighted by atomic mass is 16.2. The number of nitrogens with zero attached hydrogens (tertiary/aromatic N) is 1. The van der Waals surface area contributed by atoms with Gasteiger partial charge in [0.25, 0.3) is 0 Å². The molecule has 1 aliphatic carbocycles. The van der Waals surface area contributed by atoms with Gasteiger partial charge in [-0.2, -0.15) is 0 Å². The third kappa shape index (κ3) is 4.29. The minimum atomic E-state index is 0.0171. The predicted molar refractivity (Wildman–Crippen MR) is 69.1 cm³/mol. The third-order valence-electron chi connectivity index (χ3n) is 3.70. The van der Waals surface area contributed by atoms with E-state index in [0.29, 0.717) is 25.7 Å². The molecule has 2 N–H and O–H groups in total. The lowest BCUT2D eigenvalue weighted by Crippen LogP contribution is -2.51. The maximum absolute atomic E-state index is 11.9. The summed E-state index contributed by atoms with van der Waals surface area (Å²) in [6.07, 6.45) is 7.23. The largest absolute Gasteiger partial charge is 0.354 e. The van der Waals surface area contributed by atoms with E-state index >= 15 is 0 Å². The van der Waals surface area contributed by atoms with Crippen LogP contribution < -0.4 is 10.6 Å². The minimum absolute atomic E-state index is 0.0171. The molecule has 18 heavy (non-hydrogen) atoms. The van der Waals surface area contributed by atoms with Crippen LogP contribution in [0.1, 0.15) is 38.5 Å². The van der Waals surface area contributed by atoms with Gasteiger partial charge >= 0.3 is 0 Å². The Morgan fingerprint density at radius 2 is 2.00 bits per heavy atom. The molecule has 1 aliphatic heterocycles. The van der Waals surface area contributed by atoms with Gasteiger partial charge in [0.05, 0.1) is 13.1 Å². The average molecular weight is 253 g/mol. The van der Waals surface area contributed by atoms with Crippen LogP contribution >= 0.6 is 0 Å². The molecule has 2 aliphatic rings. The number of hydrogen-bond acceptors (Lipinski definition) is 3. The summed E-state index contributed by atoms with van der Waals surface area (Å²) in [5.74, 6) is 0.0834. The highest BCUT2D eigenvalue weighted by Gasteiger charge is 2.20. The second kappa shape index (κ2) is 6.73. The molecule has 0 spiro atoms. The van der Waals surface area contributed by atoms with Crippen molar-refractivity contribution in [1.82, 2.24) is 15.5 Å². The lowest BCUT2D eigenvalue weighted by Gasteiger charge is -2.26. The number of hydrogen-bond donors (Lipinski definition) is 2. The Morgan fingerprint density at radius 3 is 2.67 bits per heavy atom. The van der Waals surface area contributed by atoms with Crippen LogP contribution in [0.3, 0.4) is 0 Å². The van der Waals surface area contributed by atoms with Crippen molar-refractivity contribution in [3.63, 3.8) is 0 Å². The lowest BCUT2D eigenvalue weighted by molar-refractivity contribution is -0.127. The number of rotatable bonds is 3. The first kappa shape index (κ1) is 13.3. The van der Waals surface area contributed by atoms with Crippen LogP contribution in [-0.4, -0.2) is 48.9 Å². The summed E-state index contributed by atoms with van der Waals surface area (Å²) in [4.78, 5) is 25.0. The van der Waals surface area contributed by atoms with E-state index in [9.17, 15) is 9.59 Å². The molecule has 2 amide bonds. The maximum atomic E-state index is 11.9. The second-order valence-electron chi connectivity index (χ2n) is 5.32. The highest BCUT2D eigenvalue weighted by molar-refractivity contribution is 5.81. The number of carbonyl (C=O) groups is 2. The molecule has 0 aromatic carbocycles. The number of nitrogens with one attached hydrogen (secondary N) is 2. The summed E-state index contributed by atoms with van der Waals surface area (Å²) in [5, 5.41) is 5.87. The van der Waals surface area contributed by atoms with E-state index in [4.69, 9.17) is 0 Å². The van der Waals surface area contributed by atoms with Crippen LogP contribution in [0.4, 0.5) is 0 Å². The summed E-state index contributed by atoms with van der Waals surface area (Å²) < 4.78 is 0. The van der Waals surface area contributed by atoms with Gasteiger partial charge in [-0.3, -0.25) is 14.5 Å². The van der Waals surface area contributed by atoms with Crippen LogP contribution in [0.2, 0.25) is 0 Å². The molecule has 102 valence electrons. The molecule has 0 atom stereocenters. The Balaban J connectivity index is 1.71. The van der Waals surface area contributed by atoms with Crippen molar-refractivity contribution < 1.29 is 9.59 Å². The predicted octanol–water partition coefficient (Wildman–Crippen LogP) is 0.257. The first-order valence-electron chi connectivity index (χ1n) is 7.02. The summed E-state index contributed by atoms with van der Waals surface area (Å²) in [6, 6.07) is 0.346. The van der Waals surface area contributed by atoms with E-state index in [1.54, 1.807) is 0 Å². The van der Waals surface area contributed by atoms with Crippen LogP contribution in [0.15, 0.2) is 0 Å². The number of carbonyl (C=O) groups excluding carboxylic acids is 2. The lowest BCUT2D eigenvalue weighted by atomic mass is 10.1. The number of amides is 2. The van der Waals surface area contributed by atoms with E-state index in [2.05, 4.69) is 10.6 Å². The van der Waals surface area contributed by atoms with Crippen molar-refractivity contribution in [2.24, 2.45) is 0 Å². The van der Waals surface area contributed by atoms with Crippen molar-refractivity contribution in [3.8, 4) is 0 Å². The molecule has 0 radical (unpaired) electrons. The van der Waals surface area contributed by atoms with Gasteiger partial charge < -0.3 is 10.6 Å². The van der Waals surface area contributed by atoms with E-state index in [-0.39, 0.29) is 11.8 Å². The molecule has 0 aromatic rings. The standard InChI is InChI=1S/C13H23N3O2/c17-12-9-16(8-7-14-12)10-13(18)15-11-5-3-1-2-4-6-11/h11H,1-10H2,(H,14,17)(H,15,18). The normalized spacial score (nSPS) is 23.2. The molecule has 1 saturated carbocycles. The molecule has 1 heterocycles. The molecular weight excluding hydrogens is 230 g/mol. The molecule has 5 nitrogen and oxygen atoms in total. The van der Waals surface area contributed by atoms with Crippen LogP contribution in [0.5, 0.6) is 0 Å². The summed E-state index contributed by atoms with van der Waals surface area (Å²) >= 11 is 0. The summed E-state index contributed by atoms with van der Waals surface area (Å²) in [5.41, 5.74) is 0. The topological polar surface area (TPSA) is 61.4 Å². The summed E-state index contributed by atoms with van der Waals surface area (Å²) in [7, 11) is 0. The Bertz CT molecular complexity index is 299. The first-order valence-corrected chi connectivity index (χ1v) is 7.02. The van der Waals surface area contributed by atoms with Gasteiger partial charge in [0.2, 0.25) is 11.8 Å². The fourth-order valence-electron chi connectivity index (χ4n) is 2.73. The fraction of sp³-hybridized carbons (Fsp3) is 0.846. The van der Waals surface area contributed by atoms with Crippen molar-refractivity contribution in [1.29, 1.82) is 0 Å². The Hall–Kier alpha value is -1.10. The SMILES string of the molecule is O=C1CN(CC(=O)NC2CCCCCC2)CCN1. The van der Waals surface area contributed by atoms with Gasteiger partial charge in [0.15, 0.2) is 0 Å². The average Bonchev–Trinajstić information content (AvgIpc) is 2.57. The Morgan fingerprint density at radius 1 is 1.28 bits per heavy atom. The number of piperazine rings is 1. The fourth-order valence-corrected chi connectivity index (χ4v) is 2.73. The molecule has 2 fully saturated rings. The molecule has 0 unspecified atom stereocenters. The maximum Gasteiger partial charge on any atom is 0.234 e. The van der Waals surface area contributed by atoms with Crippen LogP contribution in [0.25, 0.3) is 0 Å². The van der Waals surface area contributed by atoms with E-state index < -0.39 is 0 Å². The van der Waals surface area contributed by atoms with E-state index in [1.807, 2.05) is 4.90 Å². The van der Waals surface area contributed by atoms with Gasteiger partial charge in [-0.05, 0) is 12.8 Å². The molecule has 0 aromatic heterocycles. The molecule has 0 bridgehead atoms. The molecular formula is C13H23N3O2. The van der Waals surface area contributed by atoms with Crippen LogP contribution in [-0.2, 0) is 9.59 Å². The molecule has 5 heteroatoms. The smallest absolute Gasteiger partial charge is 0.234 e. The van der Waals surface area contributed by atoms with Gasteiger partial charge in [-0.25, -0.2) is 0 Å².